The smallest absolute Gasteiger partial charge is 0.119 e. The molecule has 0 spiro atoms. The average Bonchev–Trinajstić information content (AvgIpc) is 2.60. The third kappa shape index (κ3) is 2.19. The van der Waals surface area contributed by atoms with Crippen molar-refractivity contribution in [2.45, 2.75) is 13.0 Å². The molecule has 2 aromatic carbocycles. The van der Waals surface area contributed by atoms with Crippen LogP contribution in [0.1, 0.15) is 11.1 Å². The molecule has 0 N–H and O–H groups in total. The lowest BCUT2D eigenvalue weighted by molar-refractivity contribution is 0.415. The Hall–Kier alpha value is -2.55. The van der Waals surface area contributed by atoms with Crippen LogP contribution in [0.3, 0.4) is 0 Å². The van der Waals surface area contributed by atoms with Gasteiger partial charge in [-0.05, 0) is 41.8 Å². The fourth-order valence-electron chi connectivity index (χ4n) is 3.21. The molecule has 3 nitrogen and oxygen atoms in total. The number of pyridine rings is 1. The Labute approximate surface area is 130 Å². The average molecular weight is 290 g/mol. The minimum absolute atomic E-state index is 0.874. The van der Waals surface area contributed by atoms with Crippen LogP contribution in [0.2, 0.25) is 0 Å². The van der Waals surface area contributed by atoms with Gasteiger partial charge < -0.3 is 9.64 Å². The van der Waals surface area contributed by atoms with Crippen LogP contribution < -0.4 is 9.64 Å². The van der Waals surface area contributed by atoms with Crippen molar-refractivity contribution in [3.8, 4) is 5.75 Å². The van der Waals surface area contributed by atoms with Gasteiger partial charge in [-0.15, -0.1) is 0 Å². The predicted molar refractivity (Wildman–Crippen MR) is 89.5 cm³/mol. The van der Waals surface area contributed by atoms with Crippen molar-refractivity contribution < 1.29 is 4.74 Å². The molecular weight excluding hydrogens is 272 g/mol. The summed E-state index contributed by atoms with van der Waals surface area (Å²) in [5.74, 6) is 0.874. The standard InChI is InChI=1S/C19H18N2O/c1-22-16-6-7-18-17(12-16)19(8-10-20-18)21-11-9-14-4-2-3-5-15(14)13-21/h2-8,10,12H,9,11,13H2,1H3. The van der Waals surface area contributed by atoms with Gasteiger partial charge in [0.2, 0.25) is 0 Å². The maximum Gasteiger partial charge on any atom is 0.119 e. The Morgan fingerprint density at radius 2 is 1.91 bits per heavy atom. The Balaban J connectivity index is 1.78. The quantitative estimate of drug-likeness (QED) is 0.717. The first-order chi connectivity index (χ1) is 10.8. The zero-order valence-corrected chi connectivity index (χ0v) is 12.6. The molecule has 22 heavy (non-hydrogen) atoms. The van der Waals surface area contributed by atoms with E-state index in [1.807, 2.05) is 18.3 Å². The van der Waals surface area contributed by atoms with Gasteiger partial charge in [0.15, 0.2) is 0 Å². The van der Waals surface area contributed by atoms with Gasteiger partial charge in [-0.2, -0.15) is 0 Å². The minimum Gasteiger partial charge on any atom is -0.497 e. The van der Waals surface area contributed by atoms with E-state index in [4.69, 9.17) is 4.74 Å². The number of hydrogen-bond acceptors (Lipinski definition) is 3. The van der Waals surface area contributed by atoms with E-state index in [-0.39, 0.29) is 0 Å². The Bertz CT molecular complexity index is 829. The number of aromatic nitrogens is 1. The summed E-state index contributed by atoms with van der Waals surface area (Å²) in [4.78, 5) is 6.91. The molecular formula is C19H18N2O. The lowest BCUT2D eigenvalue weighted by atomic mass is 9.99. The second-order valence-corrected chi connectivity index (χ2v) is 5.65. The van der Waals surface area contributed by atoms with Crippen LogP contribution in [-0.4, -0.2) is 18.6 Å². The Morgan fingerprint density at radius 3 is 2.77 bits per heavy atom. The summed E-state index contributed by atoms with van der Waals surface area (Å²) < 4.78 is 5.37. The molecule has 0 atom stereocenters. The molecule has 1 aliphatic heterocycles. The fraction of sp³-hybridized carbons (Fsp3) is 0.211. The number of methoxy groups -OCH3 is 1. The van der Waals surface area contributed by atoms with Crippen molar-refractivity contribution in [2.75, 3.05) is 18.6 Å². The summed E-state index contributed by atoms with van der Waals surface area (Å²) in [6, 6.07) is 16.9. The first-order valence-corrected chi connectivity index (χ1v) is 7.59. The van der Waals surface area contributed by atoms with E-state index in [1.165, 1.54) is 16.8 Å². The summed E-state index contributed by atoms with van der Waals surface area (Å²) in [5.41, 5.74) is 5.13. The fourth-order valence-corrected chi connectivity index (χ4v) is 3.21. The Morgan fingerprint density at radius 1 is 1.05 bits per heavy atom. The van der Waals surface area contributed by atoms with E-state index >= 15 is 0 Å². The van der Waals surface area contributed by atoms with E-state index in [0.717, 1.165) is 36.2 Å². The van der Waals surface area contributed by atoms with Gasteiger partial charge in [-0.1, -0.05) is 24.3 Å². The number of ether oxygens (including phenoxy) is 1. The summed E-state index contributed by atoms with van der Waals surface area (Å²) in [6.45, 7) is 1.99. The third-order valence-electron chi connectivity index (χ3n) is 4.40. The number of rotatable bonds is 2. The molecule has 0 aliphatic carbocycles. The first kappa shape index (κ1) is 13.1. The van der Waals surface area contributed by atoms with Crippen molar-refractivity contribution in [3.63, 3.8) is 0 Å². The van der Waals surface area contributed by atoms with Crippen LogP contribution in [0.25, 0.3) is 10.9 Å². The highest BCUT2D eigenvalue weighted by atomic mass is 16.5. The van der Waals surface area contributed by atoms with Gasteiger partial charge in [0.25, 0.3) is 0 Å². The van der Waals surface area contributed by atoms with Crippen LogP contribution in [0.15, 0.2) is 54.7 Å². The molecule has 0 fully saturated rings. The lowest BCUT2D eigenvalue weighted by Crippen LogP contribution is -2.30. The summed E-state index contributed by atoms with van der Waals surface area (Å²) >= 11 is 0. The van der Waals surface area contributed by atoms with E-state index in [1.54, 1.807) is 7.11 Å². The molecule has 1 aromatic heterocycles. The molecule has 0 saturated carbocycles. The molecule has 3 heteroatoms. The molecule has 0 unspecified atom stereocenters. The maximum absolute atomic E-state index is 5.37. The van der Waals surface area contributed by atoms with Crippen LogP contribution in [0, 0.1) is 0 Å². The second-order valence-electron chi connectivity index (χ2n) is 5.65. The van der Waals surface area contributed by atoms with Crippen molar-refractivity contribution in [2.24, 2.45) is 0 Å². The highest BCUT2D eigenvalue weighted by Crippen LogP contribution is 2.31. The largest absolute Gasteiger partial charge is 0.497 e. The van der Waals surface area contributed by atoms with E-state index in [9.17, 15) is 0 Å². The molecule has 2 heterocycles. The lowest BCUT2D eigenvalue weighted by Gasteiger charge is -2.31. The molecule has 3 aromatic rings. The monoisotopic (exact) mass is 290 g/mol. The molecule has 110 valence electrons. The van der Waals surface area contributed by atoms with Gasteiger partial charge in [0.05, 0.1) is 12.6 Å². The zero-order chi connectivity index (χ0) is 14.9. The van der Waals surface area contributed by atoms with Crippen molar-refractivity contribution >= 4 is 16.6 Å². The highest BCUT2D eigenvalue weighted by molar-refractivity contribution is 5.92. The molecule has 0 radical (unpaired) electrons. The van der Waals surface area contributed by atoms with Gasteiger partial charge in [0, 0.05) is 30.4 Å². The molecule has 1 aliphatic rings. The predicted octanol–water partition coefficient (Wildman–Crippen LogP) is 3.81. The van der Waals surface area contributed by atoms with E-state index in [0.29, 0.717) is 0 Å². The summed E-state index contributed by atoms with van der Waals surface area (Å²) in [7, 11) is 1.70. The minimum atomic E-state index is 0.874. The second kappa shape index (κ2) is 5.34. The van der Waals surface area contributed by atoms with Crippen molar-refractivity contribution in [1.82, 2.24) is 4.98 Å². The van der Waals surface area contributed by atoms with Crippen molar-refractivity contribution in [1.29, 1.82) is 0 Å². The van der Waals surface area contributed by atoms with E-state index < -0.39 is 0 Å². The van der Waals surface area contributed by atoms with E-state index in [2.05, 4.69) is 46.3 Å². The van der Waals surface area contributed by atoms with Crippen LogP contribution in [-0.2, 0) is 13.0 Å². The number of nitrogens with zero attached hydrogens (tertiary/aromatic N) is 2. The first-order valence-electron chi connectivity index (χ1n) is 7.59. The maximum atomic E-state index is 5.37. The van der Waals surface area contributed by atoms with Gasteiger partial charge >= 0.3 is 0 Å². The molecule has 0 bridgehead atoms. The number of fused-ring (bicyclic) bond motifs is 2. The van der Waals surface area contributed by atoms with Crippen LogP contribution in [0.5, 0.6) is 5.75 Å². The third-order valence-corrected chi connectivity index (χ3v) is 4.40. The van der Waals surface area contributed by atoms with Crippen LogP contribution >= 0.6 is 0 Å². The molecule has 0 amide bonds. The molecule has 0 saturated heterocycles. The number of hydrogen-bond donors (Lipinski definition) is 0. The normalized spacial score (nSPS) is 14.0. The van der Waals surface area contributed by atoms with Gasteiger partial charge in [0.1, 0.15) is 5.75 Å². The van der Waals surface area contributed by atoms with Crippen LogP contribution in [0.4, 0.5) is 5.69 Å². The van der Waals surface area contributed by atoms with Crippen molar-refractivity contribution in [3.05, 3.63) is 65.9 Å². The zero-order valence-electron chi connectivity index (χ0n) is 12.6. The molecule has 4 rings (SSSR count). The topological polar surface area (TPSA) is 25.4 Å². The number of anilines is 1. The summed E-state index contributed by atoms with van der Waals surface area (Å²) in [6.07, 6.45) is 2.98. The number of benzene rings is 2. The summed E-state index contributed by atoms with van der Waals surface area (Å²) in [5, 5.41) is 1.15. The van der Waals surface area contributed by atoms with Gasteiger partial charge in [-0.3, -0.25) is 4.98 Å². The SMILES string of the molecule is COc1ccc2nccc(N3CCc4ccccc4C3)c2c1. The highest BCUT2D eigenvalue weighted by Gasteiger charge is 2.18. The Kier molecular flexibility index (Phi) is 3.19. The van der Waals surface area contributed by atoms with Gasteiger partial charge in [-0.25, -0.2) is 0 Å².